The van der Waals surface area contributed by atoms with Crippen molar-refractivity contribution in [2.75, 3.05) is 27.7 Å². The van der Waals surface area contributed by atoms with Crippen LogP contribution in [0, 0.1) is 0 Å². The van der Waals surface area contributed by atoms with Crippen LogP contribution in [0.25, 0.3) is 10.9 Å². The first-order chi connectivity index (χ1) is 13.6. The zero-order valence-corrected chi connectivity index (χ0v) is 19.4. The Balaban J connectivity index is 0.00000300. The topological polar surface area (TPSA) is 72.5 Å². The standard InChI is InChI=1S/C22H27N5O.HI/c1-23-22(24-13-12-18-15-25-20-7-5-4-6-19(18)20)26-14-16-8-10-17(11-9-16)21(28)27(2)3;/h4-11,15,25H,12-14H2,1-3H3,(H2,23,24,26);1H. The third-order valence-electron chi connectivity index (χ3n) is 4.65. The van der Waals surface area contributed by atoms with Crippen molar-refractivity contribution >= 4 is 46.7 Å². The molecule has 154 valence electrons. The van der Waals surface area contributed by atoms with Gasteiger partial charge in [-0.2, -0.15) is 0 Å². The van der Waals surface area contributed by atoms with Crippen molar-refractivity contribution in [1.82, 2.24) is 20.5 Å². The van der Waals surface area contributed by atoms with Gasteiger partial charge in [0.15, 0.2) is 5.96 Å². The summed E-state index contributed by atoms with van der Waals surface area (Å²) in [5, 5.41) is 7.93. The number of hydrogen-bond acceptors (Lipinski definition) is 2. The fourth-order valence-electron chi connectivity index (χ4n) is 3.08. The predicted molar refractivity (Wildman–Crippen MR) is 130 cm³/mol. The summed E-state index contributed by atoms with van der Waals surface area (Å²) in [6, 6.07) is 16.0. The van der Waals surface area contributed by atoms with Crippen LogP contribution >= 0.6 is 24.0 Å². The number of benzene rings is 2. The number of hydrogen-bond donors (Lipinski definition) is 3. The van der Waals surface area contributed by atoms with Crippen LogP contribution < -0.4 is 10.6 Å². The van der Waals surface area contributed by atoms with Gasteiger partial charge in [-0.15, -0.1) is 24.0 Å². The van der Waals surface area contributed by atoms with E-state index < -0.39 is 0 Å². The molecule has 1 amide bonds. The maximum atomic E-state index is 11.9. The van der Waals surface area contributed by atoms with E-state index in [4.69, 9.17) is 0 Å². The van der Waals surface area contributed by atoms with Gasteiger partial charge in [0, 0.05) is 56.9 Å². The summed E-state index contributed by atoms with van der Waals surface area (Å²) in [5.74, 6) is 0.766. The van der Waals surface area contributed by atoms with E-state index in [-0.39, 0.29) is 29.9 Å². The lowest BCUT2D eigenvalue weighted by Crippen LogP contribution is -2.37. The van der Waals surface area contributed by atoms with Crippen LogP contribution in [0.2, 0.25) is 0 Å². The molecule has 0 saturated heterocycles. The summed E-state index contributed by atoms with van der Waals surface area (Å²) >= 11 is 0. The molecule has 7 heteroatoms. The summed E-state index contributed by atoms with van der Waals surface area (Å²) in [6.07, 6.45) is 2.98. The Kier molecular flexibility index (Phi) is 8.50. The molecule has 0 fully saturated rings. The highest BCUT2D eigenvalue weighted by Crippen LogP contribution is 2.17. The molecule has 0 aliphatic heterocycles. The number of halogens is 1. The Morgan fingerprint density at radius 1 is 1.07 bits per heavy atom. The van der Waals surface area contributed by atoms with Gasteiger partial charge in [0.25, 0.3) is 5.91 Å². The van der Waals surface area contributed by atoms with E-state index in [9.17, 15) is 4.79 Å². The third-order valence-corrected chi connectivity index (χ3v) is 4.65. The van der Waals surface area contributed by atoms with Gasteiger partial charge in [-0.05, 0) is 35.7 Å². The molecule has 0 unspecified atom stereocenters. The van der Waals surface area contributed by atoms with Gasteiger partial charge in [-0.25, -0.2) is 0 Å². The number of aliphatic imine (C=N–C) groups is 1. The molecular formula is C22H28IN5O. The largest absolute Gasteiger partial charge is 0.361 e. The predicted octanol–water partition coefficient (Wildman–Crippen LogP) is 3.40. The van der Waals surface area contributed by atoms with Crippen LogP contribution in [-0.4, -0.2) is 49.4 Å². The molecule has 0 bridgehead atoms. The second kappa shape index (κ2) is 10.8. The zero-order valence-electron chi connectivity index (χ0n) is 17.0. The SMILES string of the molecule is CN=C(NCCc1c[nH]c2ccccc12)NCc1ccc(C(=O)N(C)C)cc1.I. The van der Waals surface area contributed by atoms with Crippen LogP contribution in [0.5, 0.6) is 0 Å². The molecule has 2 aromatic carbocycles. The zero-order chi connectivity index (χ0) is 19.9. The summed E-state index contributed by atoms with van der Waals surface area (Å²) in [7, 11) is 5.27. The molecule has 0 saturated carbocycles. The molecule has 3 rings (SSSR count). The number of amides is 1. The second-order valence-corrected chi connectivity index (χ2v) is 6.86. The van der Waals surface area contributed by atoms with Crippen molar-refractivity contribution in [3.05, 3.63) is 71.4 Å². The summed E-state index contributed by atoms with van der Waals surface area (Å²) < 4.78 is 0. The Hall–Kier alpha value is -2.55. The number of carbonyl (C=O) groups excluding carboxylic acids is 1. The van der Waals surface area contributed by atoms with E-state index in [1.165, 1.54) is 10.9 Å². The number of aromatic nitrogens is 1. The van der Waals surface area contributed by atoms with Crippen molar-refractivity contribution in [2.45, 2.75) is 13.0 Å². The fourth-order valence-corrected chi connectivity index (χ4v) is 3.08. The number of aromatic amines is 1. The van der Waals surface area contributed by atoms with Gasteiger partial charge in [-0.1, -0.05) is 30.3 Å². The van der Waals surface area contributed by atoms with Gasteiger partial charge in [0.2, 0.25) is 0 Å². The minimum Gasteiger partial charge on any atom is -0.361 e. The highest BCUT2D eigenvalue weighted by Gasteiger charge is 2.07. The van der Waals surface area contributed by atoms with Crippen LogP contribution in [0.3, 0.4) is 0 Å². The van der Waals surface area contributed by atoms with Crippen molar-refractivity contribution in [2.24, 2.45) is 4.99 Å². The summed E-state index contributed by atoms with van der Waals surface area (Å²) in [5.41, 5.74) is 4.24. The first kappa shape index (κ1) is 22.7. The van der Waals surface area contributed by atoms with Crippen molar-refractivity contribution < 1.29 is 4.79 Å². The molecule has 1 aromatic heterocycles. The number of rotatable bonds is 6. The molecule has 3 aromatic rings. The maximum absolute atomic E-state index is 11.9. The van der Waals surface area contributed by atoms with Gasteiger partial charge in [0.05, 0.1) is 0 Å². The highest BCUT2D eigenvalue weighted by atomic mass is 127. The molecule has 0 radical (unpaired) electrons. The van der Waals surface area contributed by atoms with Crippen molar-refractivity contribution in [3.63, 3.8) is 0 Å². The smallest absolute Gasteiger partial charge is 0.253 e. The molecule has 29 heavy (non-hydrogen) atoms. The minimum absolute atomic E-state index is 0. The van der Waals surface area contributed by atoms with Crippen LogP contribution in [0.1, 0.15) is 21.5 Å². The lowest BCUT2D eigenvalue weighted by molar-refractivity contribution is 0.0827. The molecule has 0 aliphatic carbocycles. The van der Waals surface area contributed by atoms with E-state index in [0.717, 1.165) is 30.0 Å². The molecule has 0 aliphatic rings. The quantitative estimate of drug-likeness (QED) is 0.273. The average Bonchev–Trinajstić information content (AvgIpc) is 3.13. The molecule has 0 atom stereocenters. The Morgan fingerprint density at radius 2 is 1.79 bits per heavy atom. The first-order valence-electron chi connectivity index (χ1n) is 9.38. The molecule has 3 N–H and O–H groups in total. The second-order valence-electron chi connectivity index (χ2n) is 6.86. The molecule has 6 nitrogen and oxygen atoms in total. The van der Waals surface area contributed by atoms with Crippen LogP contribution in [0.15, 0.2) is 59.7 Å². The third kappa shape index (κ3) is 5.96. The number of H-pyrrole nitrogens is 1. The monoisotopic (exact) mass is 505 g/mol. The maximum Gasteiger partial charge on any atom is 0.253 e. The van der Waals surface area contributed by atoms with Gasteiger partial charge >= 0.3 is 0 Å². The Labute approximate surface area is 188 Å². The fraction of sp³-hybridized carbons (Fsp3) is 0.273. The van der Waals surface area contributed by atoms with E-state index in [2.05, 4.69) is 45.0 Å². The Bertz CT molecular complexity index is 963. The molecule has 0 spiro atoms. The van der Waals surface area contributed by atoms with Crippen LogP contribution in [0.4, 0.5) is 0 Å². The average molecular weight is 505 g/mol. The lowest BCUT2D eigenvalue weighted by Gasteiger charge is -2.13. The van der Waals surface area contributed by atoms with Gasteiger partial charge in [0.1, 0.15) is 0 Å². The highest BCUT2D eigenvalue weighted by molar-refractivity contribution is 14.0. The van der Waals surface area contributed by atoms with E-state index in [1.807, 2.05) is 30.3 Å². The number of para-hydroxylation sites is 1. The minimum atomic E-state index is 0. The Morgan fingerprint density at radius 3 is 2.48 bits per heavy atom. The van der Waals surface area contributed by atoms with Gasteiger partial charge < -0.3 is 20.5 Å². The first-order valence-corrected chi connectivity index (χ1v) is 9.38. The van der Waals surface area contributed by atoms with Crippen LogP contribution in [-0.2, 0) is 13.0 Å². The summed E-state index contributed by atoms with van der Waals surface area (Å²) in [6.45, 7) is 1.43. The molecular weight excluding hydrogens is 477 g/mol. The van der Waals surface area contributed by atoms with E-state index in [0.29, 0.717) is 12.1 Å². The molecule has 1 heterocycles. The normalized spacial score (nSPS) is 11.1. The van der Waals surface area contributed by atoms with Gasteiger partial charge in [-0.3, -0.25) is 9.79 Å². The summed E-state index contributed by atoms with van der Waals surface area (Å²) in [4.78, 5) is 21.1. The number of carbonyl (C=O) groups is 1. The number of nitrogens with one attached hydrogen (secondary N) is 3. The lowest BCUT2D eigenvalue weighted by atomic mass is 10.1. The number of nitrogens with zero attached hydrogens (tertiary/aromatic N) is 2. The van der Waals surface area contributed by atoms with Crippen molar-refractivity contribution in [3.8, 4) is 0 Å². The van der Waals surface area contributed by atoms with E-state index in [1.54, 1.807) is 26.0 Å². The van der Waals surface area contributed by atoms with E-state index >= 15 is 0 Å². The van der Waals surface area contributed by atoms with Crippen molar-refractivity contribution in [1.29, 1.82) is 0 Å². The number of fused-ring (bicyclic) bond motifs is 1. The number of guanidine groups is 1.